The van der Waals surface area contributed by atoms with Crippen molar-refractivity contribution in [3.63, 3.8) is 0 Å². The summed E-state index contributed by atoms with van der Waals surface area (Å²) in [6, 6.07) is 0.870. The Balaban J connectivity index is 1.63. The van der Waals surface area contributed by atoms with Crippen LogP contribution in [-0.2, 0) is 4.74 Å². The van der Waals surface area contributed by atoms with Crippen LogP contribution in [0.2, 0.25) is 0 Å². The lowest BCUT2D eigenvalue weighted by Crippen LogP contribution is -2.53. The number of carbonyl (C=O) groups is 1. The largest absolute Gasteiger partial charge is 0.385 e. The van der Waals surface area contributed by atoms with Gasteiger partial charge in [-0.25, -0.2) is 4.79 Å². The average Bonchev–Trinajstić information content (AvgIpc) is 2.98. The number of urea groups is 1. The lowest BCUT2D eigenvalue weighted by molar-refractivity contribution is 0.109. The number of piperazine rings is 1. The Kier molecular flexibility index (Phi) is 5.92. The second-order valence-electron chi connectivity index (χ2n) is 5.54. The van der Waals surface area contributed by atoms with Crippen LogP contribution in [0.25, 0.3) is 0 Å². The third-order valence-electron chi connectivity index (χ3n) is 4.24. The van der Waals surface area contributed by atoms with Gasteiger partial charge in [-0.1, -0.05) is 12.8 Å². The lowest BCUT2D eigenvalue weighted by Gasteiger charge is -2.38. The standard InChI is InChI=1S/C14H27N3O2/c1-19-12-4-7-15-14(18)17-10-8-16(9-11-17)13-5-2-3-6-13/h13H,2-12H2,1H3,(H,15,18). The summed E-state index contributed by atoms with van der Waals surface area (Å²) in [5.74, 6) is 0. The van der Waals surface area contributed by atoms with Gasteiger partial charge in [-0.2, -0.15) is 0 Å². The topological polar surface area (TPSA) is 44.8 Å². The highest BCUT2D eigenvalue weighted by molar-refractivity contribution is 5.74. The summed E-state index contributed by atoms with van der Waals surface area (Å²) < 4.78 is 4.97. The zero-order valence-electron chi connectivity index (χ0n) is 12.1. The molecule has 0 unspecified atom stereocenters. The van der Waals surface area contributed by atoms with Crippen LogP contribution < -0.4 is 5.32 Å². The first-order valence-corrected chi connectivity index (χ1v) is 7.57. The van der Waals surface area contributed by atoms with Gasteiger partial charge in [0.2, 0.25) is 0 Å². The normalized spacial score (nSPS) is 21.8. The molecule has 0 aromatic carbocycles. The van der Waals surface area contributed by atoms with Crippen LogP contribution in [0.4, 0.5) is 4.79 Å². The van der Waals surface area contributed by atoms with Crippen molar-refractivity contribution in [2.24, 2.45) is 0 Å². The van der Waals surface area contributed by atoms with Crippen LogP contribution in [0.3, 0.4) is 0 Å². The highest BCUT2D eigenvalue weighted by Crippen LogP contribution is 2.24. The van der Waals surface area contributed by atoms with Gasteiger partial charge in [-0.15, -0.1) is 0 Å². The fourth-order valence-corrected chi connectivity index (χ4v) is 3.08. The lowest BCUT2D eigenvalue weighted by atomic mass is 10.2. The smallest absolute Gasteiger partial charge is 0.317 e. The van der Waals surface area contributed by atoms with Crippen molar-refractivity contribution in [2.75, 3.05) is 46.4 Å². The molecule has 2 rings (SSSR count). The molecule has 5 heteroatoms. The predicted molar refractivity (Wildman–Crippen MR) is 75.3 cm³/mol. The second-order valence-corrected chi connectivity index (χ2v) is 5.54. The van der Waals surface area contributed by atoms with Gasteiger partial charge in [0.05, 0.1) is 0 Å². The molecule has 1 heterocycles. The molecular formula is C14H27N3O2. The number of carbonyl (C=O) groups excluding carboxylic acids is 1. The molecule has 0 atom stereocenters. The molecule has 1 aliphatic heterocycles. The molecule has 0 bridgehead atoms. The highest BCUT2D eigenvalue weighted by atomic mass is 16.5. The Hall–Kier alpha value is -0.810. The minimum absolute atomic E-state index is 0.0853. The zero-order valence-corrected chi connectivity index (χ0v) is 12.1. The van der Waals surface area contributed by atoms with Gasteiger partial charge in [0.15, 0.2) is 0 Å². The first kappa shape index (κ1) is 14.6. The van der Waals surface area contributed by atoms with E-state index in [4.69, 9.17) is 4.74 Å². The van der Waals surface area contributed by atoms with E-state index in [1.54, 1.807) is 7.11 Å². The minimum Gasteiger partial charge on any atom is -0.385 e. The Morgan fingerprint density at radius 2 is 1.89 bits per heavy atom. The Labute approximate surface area is 116 Å². The number of rotatable bonds is 5. The van der Waals surface area contributed by atoms with E-state index < -0.39 is 0 Å². The molecule has 0 aromatic rings. The molecule has 1 N–H and O–H groups in total. The number of methoxy groups -OCH3 is 1. The summed E-state index contributed by atoms with van der Waals surface area (Å²) in [6.07, 6.45) is 6.34. The minimum atomic E-state index is 0.0853. The summed E-state index contributed by atoms with van der Waals surface area (Å²) in [5.41, 5.74) is 0. The third-order valence-corrected chi connectivity index (χ3v) is 4.24. The van der Waals surface area contributed by atoms with Crippen molar-refractivity contribution in [3.8, 4) is 0 Å². The van der Waals surface area contributed by atoms with Crippen molar-refractivity contribution >= 4 is 6.03 Å². The molecular weight excluding hydrogens is 242 g/mol. The first-order valence-electron chi connectivity index (χ1n) is 7.57. The van der Waals surface area contributed by atoms with Gasteiger partial charge in [-0.3, -0.25) is 4.90 Å². The van der Waals surface area contributed by atoms with E-state index in [0.717, 1.165) is 38.6 Å². The molecule has 5 nitrogen and oxygen atoms in total. The van der Waals surface area contributed by atoms with Crippen molar-refractivity contribution in [1.82, 2.24) is 15.1 Å². The van der Waals surface area contributed by atoms with Crippen LogP contribution in [0, 0.1) is 0 Å². The van der Waals surface area contributed by atoms with E-state index in [1.165, 1.54) is 25.7 Å². The number of amides is 2. The summed E-state index contributed by atoms with van der Waals surface area (Å²) in [7, 11) is 1.68. The maximum atomic E-state index is 11.9. The molecule has 0 aromatic heterocycles. The van der Waals surface area contributed by atoms with Crippen LogP contribution in [0.5, 0.6) is 0 Å². The fraction of sp³-hybridized carbons (Fsp3) is 0.929. The molecule has 1 aliphatic carbocycles. The average molecular weight is 269 g/mol. The van der Waals surface area contributed by atoms with Crippen molar-refractivity contribution in [3.05, 3.63) is 0 Å². The van der Waals surface area contributed by atoms with Crippen molar-refractivity contribution in [2.45, 2.75) is 38.1 Å². The van der Waals surface area contributed by atoms with Gasteiger partial charge in [0.25, 0.3) is 0 Å². The van der Waals surface area contributed by atoms with Crippen LogP contribution in [0.1, 0.15) is 32.1 Å². The predicted octanol–water partition coefficient (Wildman–Crippen LogP) is 1.29. The van der Waals surface area contributed by atoms with Gasteiger partial charge < -0.3 is 15.0 Å². The highest BCUT2D eigenvalue weighted by Gasteiger charge is 2.27. The molecule has 19 heavy (non-hydrogen) atoms. The third kappa shape index (κ3) is 4.35. The van der Waals surface area contributed by atoms with Crippen LogP contribution in [0.15, 0.2) is 0 Å². The molecule has 1 saturated carbocycles. The molecule has 110 valence electrons. The first-order chi connectivity index (χ1) is 9.31. The monoisotopic (exact) mass is 269 g/mol. The van der Waals surface area contributed by atoms with Gasteiger partial charge in [-0.05, 0) is 19.3 Å². The Bertz CT molecular complexity index is 272. The molecule has 2 aliphatic rings. The molecule has 2 amide bonds. The summed E-state index contributed by atoms with van der Waals surface area (Å²) in [4.78, 5) is 16.5. The Morgan fingerprint density at radius 3 is 2.53 bits per heavy atom. The van der Waals surface area contributed by atoms with Crippen molar-refractivity contribution in [1.29, 1.82) is 0 Å². The number of nitrogens with zero attached hydrogens (tertiary/aromatic N) is 2. The van der Waals surface area contributed by atoms with Crippen LogP contribution >= 0.6 is 0 Å². The van der Waals surface area contributed by atoms with Gasteiger partial charge in [0, 0.05) is 52.5 Å². The fourth-order valence-electron chi connectivity index (χ4n) is 3.08. The molecule has 0 spiro atoms. The molecule has 0 radical (unpaired) electrons. The summed E-state index contributed by atoms with van der Waals surface area (Å²) in [5, 5.41) is 2.96. The van der Waals surface area contributed by atoms with E-state index in [1.807, 2.05) is 4.90 Å². The zero-order chi connectivity index (χ0) is 13.5. The number of ether oxygens (including phenoxy) is 1. The Morgan fingerprint density at radius 1 is 1.21 bits per heavy atom. The number of hydrogen-bond donors (Lipinski definition) is 1. The van der Waals surface area contributed by atoms with Gasteiger partial charge in [0.1, 0.15) is 0 Å². The van der Waals surface area contributed by atoms with E-state index in [2.05, 4.69) is 10.2 Å². The molecule has 2 fully saturated rings. The van der Waals surface area contributed by atoms with Crippen LogP contribution in [-0.4, -0.2) is 68.3 Å². The van der Waals surface area contributed by atoms with Gasteiger partial charge >= 0.3 is 6.03 Å². The molecule has 1 saturated heterocycles. The maximum absolute atomic E-state index is 11.9. The summed E-state index contributed by atoms with van der Waals surface area (Å²) in [6.45, 7) is 5.22. The quantitative estimate of drug-likeness (QED) is 0.765. The number of hydrogen-bond acceptors (Lipinski definition) is 3. The number of nitrogens with one attached hydrogen (secondary N) is 1. The van der Waals surface area contributed by atoms with Crippen molar-refractivity contribution < 1.29 is 9.53 Å². The SMILES string of the molecule is COCCCNC(=O)N1CCN(C2CCCC2)CC1. The second kappa shape index (κ2) is 7.70. The van der Waals surface area contributed by atoms with E-state index in [0.29, 0.717) is 13.2 Å². The maximum Gasteiger partial charge on any atom is 0.317 e. The summed E-state index contributed by atoms with van der Waals surface area (Å²) >= 11 is 0. The van der Waals surface area contributed by atoms with E-state index >= 15 is 0 Å². The van der Waals surface area contributed by atoms with E-state index in [-0.39, 0.29) is 6.03 Å². The van der Waals surface area contributed by atoms with E-state index in [9.17, 15) is 4.79 Å².